The van der Waals surface area contributed by atoms with E-state index in [4.69, 9.17) is 4.74 Å². The third-order valence-electron chi connectivity index (χ3n) is 6.55. The van der Waals surface area contributed by atoms with Crippen molar-refractivity contribution in [1.29, 1.82) is 0 Å². The molecule has 0 bridgehead atoms. The van der Waals surface area contributed by atoms with Crippen LogP contribution in [-0.2, 0) is 9.53 Å². The summed E-state index contributed by atoms with van der Waals surface area (Å²) < 4.78 is 4.89. The van der Waals surface area contributed by atoms with E-state index in [0.29, 0.717) is 18.4 Å². The van der Waals surface area contributed by atoms with E-state index < -0.39 is 0 Å². The van der Waals surface area contributed by atoms with Gasteiger partial charge in [-0.1, -0.05) is 82.9 Å². The molecule has 0 aromatic carbocycles. The molecule has 2 heteroatoms. The smallest absolute Gasteiger partial charge is 0.305 e. The molecule has 0 aromatic rings. The lowest BCUT2D eigenvalue weighted by atomic mass is 9.84. The molecule has 184 valence electrons. The first kappa shape index (κ1) is 34.3. The molecule has 0 aliphatic heterocycles. The quantitative estimate of drug-likeness (QED) is 0.238. The van der Waals surface area contributed by atoms with E-state index in [9.17, 15) is 4.79 Å². The molecule has 0 saturated heterocycles. The van der Waals surface area contributed by atoms with Crippen LogP contribution in [0.3, 0.4) is 0 Å². The summed E-state index contributed by atoms with van der Waals surface area (Å²) >= 11 is 0. The standard InChI is InChI=1S/C13H24O2.2C8H16/c1-5-11(4)12(6-2)9-8-10-13(14)15-7-3;1-6-8(4,5)7(2)3;1-5-7(3)8(4)6-2/h5-10H2,1-4H3;2,6H2,1,3-5H3;5-6H2,1-4H3/b12-11+;;8-7+. The molecule has 0 aromatic heterocycles. The number of carbonyl (C=O) groups is 1. The highest BCUT2D eigenvalue weighted by Gasteiger charge is 2.14. The van der Waals surface area contributed by atoms with E-state index in [-0.39, 0.29) is 5.97 Å². The summed E-state index contributed by atoms with van der Waals surface area (Å²) in [5.74, 6) is -0.0675. The lowest BCUT2D eigenvalue weighted by Gasteiger charge is -2.22. The molecule has 0 radical (unpaired) electrons. The fourth-order valence-corrected chi connectivity index (χ4v) is 2.53. The van der Waals surface area contributed by atoms with Gasteiger partial charge in [-0.05, 0) is 85.0 Å². The van der Waals surface area contributed by atoms with Crippen molar-refractivity contribution in [2.45, 2.75) is 134 Å². The second-order valence-corrected chi connectivity index (χ2v) is 9.04. The third kappa shape index (κ3) is 19.1. The molecule has 0 fully saturated rings. The second kappa shape index (κ2) is 20.6. The molecule has 0 aliphatic rings. The van der Waals surface area contributed by atoms with Gasteiger partial charge in [0.15, 0.2) is 0 Å². The largest absolute Gasteiger partial charge is 0.466 e. The fraction of sp³-hybridized carbons (Fsp3) is 0.759. The summed E-state index contributed by atoms with van der Waals surface area (Å²) in [7, 11) is 0. The monoisotopic (exact) mass is 436 g/mol. The zero-order valence-corrected chi connectivity index (χ0v) is 23.4. The Morgan fingerprint density at radius 2 is 1.19 bits per heavy atom. The van der Waals surface area contributed by atoms with Crippen molar-refractivity contribution >= 4 is 5.97 Å². The van der Waals surface area contributed by atoms with E-state index in [0.717, 1.165) is 25.7 Å². The van der Waals surface area contributed by atoms with E-state index in [2.05, 4.69) is 82.7 Å². The molecule has 2 nitrogen and oxygen atoms in total. The number of ether oxygens (including phenoxy) is 1. The van der Waals surface area contributed by atoms with Crippen molar-refractivity contribution in [2.24, 2.45) is 5.41 Å². The number of hydrogen-bond donors (Lipinski definition) is 0. The predicted molar refractivity (Wildman–Crippen MR) is 142 cm³/mol. The van der Waals surface area contributed by atoms with Crippen LogP contribution in [0.1, 0.15) is 134 Å². The molecule has 0 aliphatic carbocycles. The van der Waals surface area contributed by atoms with E-state index in [1.807, 2.05) is 6.92 Å². The fourth-order valence-electron chi connectivity index (χ4n) is 2.53. The average molecular weight is 437 g/mol. The molecule has 0 N–H and O–H groups in total. The summed E-state index contributed by atoms with van der Waals surface area (Å²) in [4.78, 5) is 11.1. The Hall–Kier alpha value is -1.31. The van der Waals surface area contributed by atoms with Gasteiger partial charge in [-0.25, -0.2) is 0 Å². The second-order valence-electron chi connectivity index (χ2n) is 9.04. The van der Waals surface area contributed by atoms with Crippen LogP contribution in [0.15, 0.2) is 34.4 Å². The van der Waals surface area contributed by atoms with Crippen LogP contribution in [0, 0.1) is 5.41 Å². The first-order valence-electron chi connectivity index (χ1n) is 12.5. The summed E-state index contributed by atoms with van der Waals surface area (Å²) in [6.45, 7) is 30.3. The lowest BCUT2D eigenvalue weighted by molar-refractivity contribution is -0.143. The molecular formula is C29H56O2. The van der Waals surface area contributed by atoms with E-state index in [1.165, 1.54) is 36.0 Å². The minimum absolute atomic E-state index is 0.0675. The van der Waals surface area contributed by atoms with Crippen LogP contribution in [0.25, 0.3) is 0 Å². The van der Waals surface area contributed by atoms with Gasteiger partial charge in [0.05, 0.1) is 6.61 Å². The molecule has 0 unspecified atom stereocenters. The Morgan fingerprint density at radius 3 is 1.45 bits per heavy atom. The highest BCUT2D eigenvalue weighted by molar-refractivity contribution is 5.69. The number of rotatable bonds is 11. The van der Waals surface area contributed by atoms with Gasteiger partial charge in [-0.2, -0.15) is 0 Å². The van der Waals surface area contributed by atoms with Gasteiger partial charge in [-0.15, -0.1) is 0 Å². The van der Waals surface area contributed by atoms with Crippen molar-refractivity contribution in [1.82, 2.24) is 0 Å². The van der Waals surface area contributed by atoms with Crippen LogP contribution < -0.4 is 0 Å². The Kier molecular flexibility index (Phi) is 22.8. The van der Waals surface area contributed by atoms with Crippen molar-refractivity contribution < 1.29 is 9.53 Å². The van der Waals surface area contributed by atoms with Crippen LogP contribution in [0.2, 0.25) is 0 Å². The highest BCUT2D eigenvalue weighted by atomic mass is 16.5. The molecule has 0 spiro atoms. The number of hydrogen-bond acceptors (Lipinski definition) is 2. The third-order valence-corrected chi connectivity index (χ3v) is 6.55. The Bertz CT molecular complexity index is 535. The van der Waals surface area contributed by atoms with Crippen molar-refractivity contribution in [3.8, 4) is 0 Å². The number of carbonyl (C=O) groups excluding carboxylic acids is 1. The summed E-state index contributed by atoms with van der Waals surface area (Å²) in [6, 6.07) is 0. The minimum atomic E-state index is -0.0675. The normalized spacial score (nSPS) is 12.4. The molecular weight excluding hydrogens is 380 g/mol. The van der Waals surface area contributed by atoms with Gasteiger partial charge >= 0.3 is 5.97 Å². The van der Waals surface area contributed by atoms with Gasteiger partial charge in [0.25, 0.3) is 0 Å². The zero-order valence-electron chi connectivity index (χ0n) is 23.4. The average Bonchev–Trinajstić information content (AvgIpc) is 2.75. The zero-order chi connectivity index (χ0) is 25.0. The van der Waals surface area contributed by atoms with Gasteiger partial charge < -0.3 is 4.74 Å². The Balaban J connectivity index is -0.000000415. The summed E-state index contributed by atoms with van der Waals surface area (Å²) in [5, 5.41) is 0. The molecule has 0 amide bonds. The predicted octanol–water partition coefficient (Wildman–Crippen LogP) is 10.00. The van der Waals surface area contributed by atoms with E-state index >= 15 is 0 Å². The first-order chi connectivity index (χ1) is 14.4. The maximum absolute atomic E-state index is 11.1. The number of esters is 1. The topological polar surface area (TPSA) is 26.3 Å². The molecule has 0 rings (SSSR count). The van der Waals surface area contributed by atoms with Crippen LogP contribution in [-0.4, -0.2) is 12.6 Å². The minimum Gasteiger partial charge on any atom is -0.466 e. The molecule has 0 saturated carbocycles. The van der Waals surface area contributed by atoms with Gasteiger partial charge in [0.1, 0.15) is 0 Å². The first-order valence-corrected chi connectivity index (χ1v) is 12.5. The maximum atomic E-state index is 11.1. The molecule has 31 heavy (non-hydrogen) atoms. The summed E-state index contributed by atoms with van der Waals surface area (Å²) in [6.07, 6.45) is 8.31. The van der Waals surface area contributed by atoms with Crippen LogP contribution in [0.5, 0.6) is 0 Å². The highest BCUT2D eigenvalue weighted by Crippen LogP contribution is 2.27. The Labute approximate surface area is 196 Å². The van der Waals surface area contributed by atoms with Gasteiger partial charge in [0, 0.05) is 6.42 Å². The maximum Gasteiger partial charge on any atom is 0.305 e. The van der Waals surface area contributed by atoms with Crippen LogP contribution in [0.4, 0.5) is 0 Å². The SMILES string of the molecule is C=C(C)C(C)(C)CC.CC/C(C)=C(\C)CC.CCOC(=O)CCC/C(CC)=C(\C)CC. The number of allylic oxidation sites excluding steroid dienone is 5. The van der Waals surface area contributed by atoms with Crippen molar-refractivity contribution in [2.75, 3.05) is 6.61 Å². The molecule has 0 heterocycles. The Morgan fingerprint density at radius 1 is 0.742 bits per heavy atom. The van der Waals surface area contributed by atoms with Crippen molar-refractivity contribution in [3.05, 3.63) is 34.4 Å². The van der Waals surface area contributed by atoms with Crippen LogP contribution >= 0.6 is 0 Å². The lowest BCUT2D eigenvalue weighted by Crippen LogP contribution is -2.09. The van der Waals surface area contributed by atoms with E-state index in [1.54, 1.807) is 11.1 Å². The van der Waals surface area contributed by atoms with Gasteiger partial charge in [0.2, 0.25) is 0 Å². The van der Waals surface area contributed by atoms with Crippen molar-refractivity contribution in [3.63, 3.8) is 0 Å². The van der Waals surface area contributed by atoms with Gasteiger partial charge in [-0.3, -0.25) is 4.79 Å². The summed E-state index contributed by atoms with van der Waals surface area (Å²) in [5.41, 5.74) is 7.70. The molecule has 0 atom stereocenters.